The fraction of sp³-hybridized carbons (Fsp3) is 0.625. The van der Waals surface area contributed by atoms with Gasteiger partial charge in [-0.25, -0.2) is 0 Å². The normalized spacial score (nSPS) is 18.6. The lowest BCUT2D eigenvalue weighted by molar-refractivity contribution is 0.0891. The molecule has 100 valence electrons. The first-order chi connectivity index (χ1) is 8.65. The highest BCUT2D eigenvalue weighted by Crippen LogP contribution is 2.37. The predicted octanol–water partition coefficient (Wildman–Crippen LogP) is 3.37. The van der Waals surface area contributed by atoms with Gasteiger partial charge in [0, 0.05) is 24.7 Å². The Bertz CT molecular complexity index is 365. The molecule has 0 radical (unpaired) electrons. The molecule has 0 unspecified atom stereocenters. The fourth-order valence-corrected chi connectivity index (χ4v) is 3.06. The first kappa shape index (κ1) is 13.4. The minimum Gasteiger partial charge on any atom is -0.396 e. The molecule has 2 nitrogen and oxygen atoms in total. The Balaban J connectivity index is 2.04. The van der Waals surface area contributed by atoms with Gasteiger partial charge in [-0.15, -0.1) is 0 Å². The average molecular weight is 247 g/mol. The molecule has 1 N–H and O–H groups in total. The molecule has 2 heteroatoms. The highest BCUT2D eigenvalue weighted by atomic mass is 16.3. The maximum atomic E-state index is 9.75. The predicted molar refractivity (Wildman–Crippen MR) is 77.1 cm³/mol. The van der Waals surface area contributed by atoms with Gasteiger partial charge in [0.15, 0.2) is 0 Å². The Hall–Kier alpha value is -1.02. The van der Waals surface area contributed by atoms with E-state index in [1.54, 1.807) is 0 Å². The summed E-state index contributed by atoms with van der Waals surface area (Å²) in [5.74, 6) is 0. The van der Waals surface area contributed by atoms with Crippen LogP contribution in [0.15, 0.2) is 24.3 Å². The Morgan fingerprint density at radius 3 is 2.28 bits per heavy atom. The lowest BCUT2D eigenvalue weighted by Crippen LogP contribution is -2.40. The van der Waals surface area contributed by atoms with Crippen molar-refractivity contribution in [3.8, 4) is 0 Å². The first-order valence-electron chi connectivity index (χ1n) is 7.04. The Morgan fingerprint density at radius 2 is 1.72 bits per heavy atom. The van der Waals surface area contributed by atoms with Crippen molar-refractivity contribution in [1.29, 1.82) is 0 Å². The van der Waals surface area contributed by atoms with E-state index in [0.29, 0.717) is 6.61 Å². The molecule has 0 aromatic heterocycles. The number of benzene rings is 1. The summed E-state index contributed by atoms with van der Waals surface area (Å²) in [5, 5.41) is 9.75. The van der Waals surface area contributed by atoms with Crippen LogP contribution in [-0.4, -0.2) is 25.3 Å². The molecule has 1 fully saturated rings. The van der Waals surface area contributed by atoms with E-state index >= 15 is 0 Å². The van der Waals surface area contributed by atoms with E-state index in [4.69, 9.17) is 0 Å². The molecule has 0 saturated heterocycles. The summed E-state index contributed by atoms with van der Waals surface area (Å²) in [6.07, 6.45) is 6.19. The first-order valence-corrected chi connectivity index (χ1v) is 7.04. The van der Waals surface area contributed by atoms with Crippen molar-refractivity contribution < 1.29 is 5.11 Å². The van der Waals surface area contributed by atoms with E-state index < -0.39 is 0 Å². The minimum absolute atomic E-state index is 0.123. The Morgan fingerprint density at radius 1 is 1.11 bits per heavy atom. The number of hydrogen-bond donors (Lipinski definition) is 1. The summed E-state index contributed by atoms with van der Waals surface area (Å²) >= 11 is 0. The summed E-state index contributed by atoms with van der Waals surface area (Å²) in [6.45, 7) is 3.40. The van der Waals surface area contributed by atoms with Crippen molar-refractivity contribution >= 4 is 5.69 Å². The molecule has 1 aliphatic carbocycles. The molecule has 0 amide bonds. The van der Waals surface area contributed by atoms with Crippen molar-refractivity contribution in [1.82, 2.24) is 0 Å². The van der Waals surface area contributed by atoms with Crippen LogP contribution in [0.3, 0.4) is 0 Å². The third-order valence-electron chi connectivity index (χ3n) is 4.30. The fourth-order valence-electron chi connectivity index (χ4n) is 3.06. The van der Waals surface area contributed by atoms with Crippen molar-refractivity contribution in [3.05, 3.63) is 29.8 Å². The van der Waals surface area contributed by atoms with E-state index in [9.17, 15) is 5.11 Å². The molecule has 2 rings (SSSR count). The lowest BCUT2D eigenvalue weighted by Gasteiger charge is -2.39. The molecule has 0 aliphatic heterocycles. The number of aryl methyl sites for hydroxylation is 1. The summed E-state index contributed by atoms with van der Waals surface area (Å²) in [7, 11) is 2.14. The van der Waals surface area contributed by atoms with Crippen molar-refractivity contribution in [2.45, 2.75) is 39.0 Å². The number of anilines is 1. The molecule has 1 aromatic rings. The van der Waals surface area contributed by atoms with Gasteiger partial charge in [0.25, 0.3) is 0 Å². The van der Waals surface area contributed by atoms with Crippen molar-refractivity contribution in [2.75, 3.05) is 25.1 Å². The lowest BCUT2D eigenvalue weighted by atomic mass is 9.74. The van der Waals surface area contributed by atoms with Gasteiger partial charge in [-0.2, -0.15) is 0 Å². The molecular formula is C16H25NO. The van der Waals surface area contributed by atoms with E-state index in [2.05, 4.69) is 43.1 Å². The van der Waals surface area contributed by atoms with Gasteiger partial charge in [0.1, 0.15) is 0 Å². The standard InChI is InChI=1S/C16H25NO/c1-14-6-8-15(9-7-14)17(2)12-16(13-18)10-4-3-5-11-16/h6-9,18H,3-5,10-13H2,1-2H3. The molecule has 1 aliphatic rings. The second kappa shape index (κ2) is 5.75. The molecule has 1 saturated carbocycles. The number of rotatable bonds is 4. The molecule has 0 bridgehead atoms. The number of aliphatic hydroxyl groups excluding tert-OH is 1. The van der Waals surface area contributed by atoms with Crippen LogP contribution in [0.25, 0.3) is 0 Å². The van der Waals surface area contributed by atoms with Crippen LogP contribution in [0.4, 0.5) is 5.69 Å². The SMILES string of the molecule is Cc1ccc(N(C)CC2(CO)CCCCC2)cc1. The third-order valence-corrected chi connectivity index (χ3v) is 4.30. The van der Waals surface area contributed by atoms with Crippen LogP contribution in [0, 0.1) is 12.3 Å². The summed E-state index contributed by atoms with van der Waals surface area (Å²) in [4.78, 5) is 2.29. The Labute approximate surface area is 111 Å². The van der Waals surface area contributed by atoms with Gasteiger partial charge >= 0.3 is 0 Å². The van der Waals surface area contributed by atoms with Crippen molar-refractivity contribution in [3.63, 3.8) is 0 Å². The highest BCUT2D eigenvalue weighted by Gasteiger charge is 2.32. The number of nitrogens with zero attached hydrogens (tertiary/aromatic N) is 1. The molecule has 0 atom stereocenters. The monoisotopic (exact) mass is 247 g/mol. The van der Waals surface area contributed by atoms with Gasteiger partial charge in [-0.3, -0.25) is 0 Å². The van der Waals surface area contributed by atoms with Gasteiger partial charge < -0.3 is 10.0 Å². The van der Waals surface area contributed by atoms with Gasteiger partial charge in [0.2, 0.25) is 0 Å². The summed E-state index contributed by atoms with van der Waals surface area (Å²) in [6, 6.07) is 8.64. The zero-order chi connectivity index (χ0) is 13.0. The van der Waals surface area contributed by atoms with Crippen LogP contribution in [0.1, 0.15) is 37.7 Å². The maximum absolute atomic E-state index is 9.75. The van der Waals surface area contributed by atoms with Crippen LogP contribution in [-0.2, 0) is 0 Å². The molecule has 1 aromatic carbocycles. The summed E-state index contributed by atoms with van der Waals surface area (Å²) in [5.41, 5.74) is 2.67. The highest BCUT2D eigenvalue weighted by molar-refractivity contribution is 5.46. The zero-order valence-corrected chi connectivity index (χ0v) is 11.7. The van der Waals surface area contributed by atoms with E-state index in [0.717, 1.165) is 6.54 Å². The smallest absolute Gasteiger partial charge is 0.0504 e. The second-order valence-electron chi connectivity index (χ2n) is 5.91. The number of aliphatic hydroxyl groups is 1. The van der Waals surface area contributed by atoms with Gasteiger partial charge in [0.05, 0.1) is 6.61 Å². The van der Waals surface area contributed by atoms with E-state index in [1.165, 1.54) is 43.4 Å². The molecule has 0 heterocycles. The Kier molecular flexibility index (Phi) is 4.28. The average Bonchev–Trinajstić information content (AvgIpc) is 2.40. The topological polar surface area (TPSA) is 23.5 Å². The molecule has 18 heavy (non-hydrogen) atoms. The van der Waals surface area contributed by atoms with Gasteiger partial charge in [-0.05, 0) is 31.9 Å². The quantitative estimate of drug-likeness (QED) is 0.881. The number of hydrogen-bond acceptors (Lipinski definition) is 2. The van der Waals surface area contributed by atoms with E-state index in [1.807, 2.05) is 0 Å². The van der Waals surface area contributed by atoms with Gasteiger partial charge in [-0.1, -0.05) is 37.0 Å². The van der Waals surface area contributed by atoms with E-state index in [-0.39, 0.29) is 5.41 Å². The molecular weight excluding hydrogens is 222 g/mol. The third kappa shape index (κ3) is 3.05. The maximum Gasteiger partial charge on any atom is 0.0504 e. The van der Waals surface area contributed by atoms with Crippen molar-refractivity contribution in [2.24, 2.45) is 5.41 Å². The van der Waals surface area contributed by atoms with Crippen LogP contribution < -0.4 is 4.90 Å². The zero-order valence-electron chi connectivity index (χ0n) is 11.7. The van der Waals surface area contributed by atoms with Crippen LogP contribution in [0.2, 0.25) is 0 Å². The van der Waals surface area contributed by atoms with Crippen LogP contribution in [0.5, 0.6) is 0 Å². The largest absolute Gasteiger partial charge is 0.396 e. The minimum atomic E-state index is 0.123. The molecule has 0 spiro atoms. The summed E-state index contributed by atoms with van der Waals surface area (Å²) < 4.78 is 0. The van der Waals surface area contributed by atoms with Crippen LogP contribution >= 0.6 is 0 Å². The second-order valence-corrected chi connectivity index (χ2v) is 5.91.